The summed E-state index contributed by atoms with van der Waals surface area (Å²) in [7, 11) is 0. The van der Waals surface area contributed by atoms with Crippen LogP contribution >= 0.6 is 11.8 Å². The van der Waals surface area contributed by atoms with Gasteiger partial charge in [-0.1, -0.05) is 30.0 Å². The molecule has 1 aliphatic rings. The Kier molecular flexibility index (Phi) is 5.76. The van der Waals surface area contributed by atoms with Crippen LogP contribution in [0.25, 0.3) is 28.1 Å². The van der Waals surface area contributed by atoms with Crippen molar-refractivity contribution in [1.29, 1.82) is 0 Å². The first kappa shape index (κ1) is 22.2. The molecule has 6 nitrogen and oxygen atoms in total. The molecular weight excluding hydrogens is 456 g/mol. The van der Waals surface area contributed by atoms with Gasteiger partial charge < -0.3 is 9.84 Å². The predicted molar refractivity (Wildman–Crippen MR) is 138 cm³/mol. The van der Waals surface area contributed by atoms with Gasteiger partial charge in [-0.3, -0.25) is 9.38 Å². The van der Waals surface area contributed by atoms with Gasteiger partial charge in [0.15, 0.2) is 11.5 Å². The molecule has 0 bridgehead atoms. The molecule has 0 saturated carbocycles. The van der Waals surface area contributed by atoms with Crippen molar-refractivity contribution < 1.29 is 9.84 Å². The van der Waals surface area contributed by atoms with Gasteiger partial charge in [-0.05, 0) is 85.3 Å². The van der Waals surface area contributed by atoms with Gasteiger partial charge in [0.2, 0.25) is 0 Å². The Hall–Kier alpha value is -3.26. The molecule has 1 atom stereocenters. The second-order valence-electron chi connectivity index (χ2n) is 9.06. The van der Waals surface area contributed by atoms with E-state index in [1.165, 1.54) is 5.56 Å². The third kappa shape index (κ3) is 3.99. The zero-order valence-electron chi connectivity index (χ0n) is 19.5. The summed E-state index contributed by atoms with van der Waals surface area (Å²) in [5.41, 5.74) is 3.57. The number of ether oxygens (including phenoxy) is 1. The first-order chi connectivity index (χ1) is 17.1. The van der Waals surface area contributed by atoms with E-state index in [-0.39, 0.29) is 5.41 Å². The van der Waals surface area contributed by atoms with Crippen molar-refractivity contribution >= 4 is 28.3 Å². The second kappa shape index (κ2) is 9.07. The molecule has 4 heterocycles. The minimum Gasteiger partial charge on any atom is -0.392 e. The first-order valence-corrected chi connectivity index (χ1v) is 12.7. The Morgan fingerprint density at radius 1 is 0.943 bits per heavy atom. The van der Waals surface area contributed by atoms with Crippen LogP contribution in [0.15, 0.2) is 88.8 Å². The maximum Gasteiger partial charge on any atom is 0.187 e. The molecule has 5 aromatic rings. The van der Waals surface area contributed by atoms with Gasteiger partial charge in [-0.2, -0.15) is 0 Å². The largest absolute Gasteiger partial charge is 0.392 e. The van der Waals surface area contributed by atoms with Gasteiger partial charge in [0.1, 0.15) is 5.69 Å². The minimum atomic E-state index is -0.424. The van der Waals surface area contributed by atoms with Gasteiger partial charge in [0, 0.05) is 34.6 Å². The number of hydrogen-bond donors (Lipinski definition) is 1. The smallest absolute Gasteiger partial charge is 0.187 e. The van der Waals surface area contributed by atoms with Gasteiger partial charge in [0.25, 0.3) is 0 Å². The zero-order chi connectivity index (χ0) is 23.8. The summed E-state index contributed by atoms with van der Waals surface area (Å²) in [6.45, 7) is 3.27. The maximum atomic E-state index is 10.7. The van der Waals surface area contributed by atoms with Gasteiger partial charge in [-0.25, -0.2) is 0 Å². The molecule has 3 aromatic heterocycles. The van der Waals surface area contributed by atoms with Crippen LogP contribution in [0.5, 0.6) is 0 Å². The number of aliphatic hydroxyl groups is 1. The molecule has 1 unspecified atom stereocenters. The lowest BCUT2D eigenvalue weighted by Crippen LogP contribution is -2.42. The van der Waals surface area contributed by atoms with Crippen LogP contribution < -0.4 is 0 Å². The van der Waals surface area contributed by atoms with Crippen LogP contribution in [-0.4, -0.2) is 44.0 Å². The molecule has 6 rings (SSSR count). The van der Waals surface area contributed by atoms with Crippen LogP contribution in [0.3, 0.4) is 0 Å². The van der Waals surface area contributed by atoms with Crippen LogP contribution in [0.1, 0.15) is 25.3 Å². The molecule has 0 spiro atoms. The molecule has 7 heteroatoms. The number of fused-ring (bicyclic) bond motifs is 3. The van der Waals surface area contributed by atoms with E-state index in [0.29, 0.717) is 13.2 Å². The van der Waals surface area contributed by atoms with Crippen molar-refractivity contribution in [3.05, 3.63) is 84.6 Å². The molecule has 0 radical (unpaired) electrons. The highest BCUT2D eigenvalue weighted by Gasteiger charge is 2.39. The summed E-state index contributed by atoms with van der Waals surface area (Å²) >= 11 is 1.73. The van der Waals surface area contributed by atoms with Gasteiger partial charge in [-0.15, -0.1) is 10.2 Å². The van der Waals surface area contributed by atoms with Crippen molar-refractivity contribution in [1.82, 2.24) is 19.6 Å². The lowest BCUT2D eigenvalue weighted by Gasteiger charge is -2.40. The highest BCUT2D eigenvalue weighted by molar-refractivity contribution is 7.99. The van der Waals surface area contributed by atoms with E-state index >= 15 is 0 Å². The topological polar surface area (TPSA) is 72.5 Å². The summed E-state index contributed by atoms with van der Waals surface area (Å²) in [6, 6.07) is 25.0. The van der Waals surface area contributed by atoms with Crippen molar-refractivity contribution in [2.24, 2.45) is 0 Å². The molecule has 1 aliphatic heterocycles. The molecular formula is C28H26N4O2S. The SMILES string of the molecule is CC(O)C1(c2cccc(Sc3ccc4c(ccc5nnc(-c6ccccn6)n54)c3)c2)CCOCC1. The fourth-order valence-corrected chi connectivity index (χ4v) is 6.02. The van der Waals surface area contributed by atoms with Crippen molar-refractivity contribution in [2.75, 3.05) is 13.2 Å². The Balaban J connectivity index is 1.35. The molecule has 35 heavy (non-hydrogen) atoms. The average Bonchev–Trinajstić information content (AvgIpc) is 3.34. The summed E-state index contributed by atoms with van der Waals surface area (Å²) in [5.74, 6) is 0.735. The molecule has 0 aliphatic carbocycles. The van der Waals surface area contributed by atoms with Crippen LogP contribution in [0.4, 0.5) is 0 Å². The number of rotatable bonds is 5. The van der Waals surface area contributed by atoms with Gasteiger partial charge in [0.05, 0.1) is 11.6 Å². The Morgan fingerprint density at radius 3 is 2.60 bits per heavy atom. The number of benzene rings is 2. The van der Waals surface area contributed by atoms with E-state index in [2.05, 4.69) is 68.1 Å². The van der Waals surface area contributed by atoms with E-state index in [1.807, 2.05) is 31.2 Å². The number of pyridine rings is 2. The van der Waals surface area contributed by atoms with E-state index in [0.717, 1.165) is 50.7 Å². The standard InChI is InChI=1S/C28H26N4O2S/c1-19(33)28(12-15-34-16-13-28)21-5-4-6-22(18-21)35-23-9-10-25-20(17-23)8-11-26-30-31-27(32(25)26)24-7-2-3-14-29-24/h2-11,14,17-19,33H,12-13,15-16H2,1H3. The predicted octanol–water partition coefficient (Wildman–Crippen LogP) is 5.52. The molecule has 2 aromatic carbocycles. The number of hydrogen-bond acceptors (Lipinski definition) is 6. The third-order valence-electron chi connectivity index (χ3n) is 7.06. The molecule has 0 amide bonds. The van der Waals surface area contributed by atoms with Crippen molar-refractivity contribution in [3.63, 3.8) is 0 Å². The normalized spacial score (nSPS) is 16.5. The molecule has 1 saturated heterocycles. The summed E-state index contributed by atoms with van der Waals surface area (Å²) < 4.78 is 7.65. The average molecular weight is 483 g/mol. The second-order valence-corrected chi connectivity index (χ2v) is 10.2. The highest BCUT2D eigenvalue weighted by atomic mass is 32.2. The summed E-state index contributed by atoms with van der Waals surface area (Å²) in [4.78, 5) is 6.78. The third-order valence-corrected chi connectivity index (χ3v) is 8.04. The van der Waals surface area contributed by atoms with E-state index in [9.17, 15) is 5.11 Å². The van der Waals surface area contributed by atoms with E-state index in [1.54, 1.807) is 18.0 Å². The zero-order valence-corrected chi connectivity index (χ0v) is 20.3. The fourth-order valence-electron chi connectivity index (χ4n) is 5.09. The monoisotopic (exact) mass is 482 g/mol. The summed E-state index contributed by atoms with van der Waals surface area (Å²) in [5, 5.41) is 20.5. The van der Waals surface area contributed by atoms with Crippen LogP contribution in [0, 0.1) is 0 Å². The van der Waals surface area contributed by atoms with Crippen molar-refractivity contribution in [3.8, 4) is 11.5 Å². The van der Waals surface area contributed by atoms with Gasteiger partial charge >= 0.3 is 0 Å². The van der Waals surface area contributed by atoms with Crippen molar-refractivity contribution in [2.45, 2.75) is 41.1 Å². The van der Waals surface area contributed by atoms with E-state index in [4.69, 9.17) is 4.74 Å². The number of nitrogens with zero attached hydrogens (tertiary/aromatic N) is 4. The lowest BCUT2D eigenvalue weighted by atomic mass is 9.70. The lowest BCUT2D eigenvalue weighted by molar-refractivity contribution is -0.00846. The van der Waals surface area contributed by atoms with E-state index < -0.39 is 6.10 Å². The molecule has 1 N–H and O–H groups in total. The Labute approximate surface area is 208 Å². The fraction of sp³-hybridized carbons (Fsp3) is 0.250. The summed E-state index contributed by atoms with van der Waals surface area (Å²) in [6.07, 6.45) is 3.02. The minimum absolute atomic E-state index is 0.250. The highest BCUT2D eigenvalue weighted by Crippen LogP contribution is 2.40. The first-order valence-electron chi connectivity index (χ1n) is 11.9. The Bertz CT molecular complexity index is 1490. The van der Waals surface area contributed by atoms with Crippen LogP contribution in [0.2, 0.25) is 0 Å². The Morgan fingerprint density at radius 2 is 1.80 bits per heavy atom. The quantitative estimate of drug-likeness (QED) is 0.355. The number of aliphatic hydroxyl groups excluding tert-OH is 1. The van der Waals surface area contributed by atoms with Crippen LogP contribution in [-0.2, 0) is 10.2 Å². The number of aromatic nitrogens is 4. The maximum absolute atomic E-state index is 10.7. The molecule has 1 fully saturated rings. The molecule has 176 valence electrons.